The summed E-state index contributed by atoms with van der Waals surface area (Å²) in [5.41, 5.74) is -0.692. The molecule has 0 aliphatic heterocycles. The first-order valence-corrected chi connectivity index (χ1v) is 6.39. The Morgan fingerprint density at radius 3 is 2.65 bits per heavy atom. The molecule has 5 heteroatoms. The van der Waals surface area contributed by atoms with E-state index in [1.165, 1.54) is 6.42 Å². The summed E-state index contributed by atoms with van der Waals surface area (Å²) >= 11 is 0. The van der Waals surface area contributed by atoms with Crippen molar-refractivity contribution in [1.82, 2.24) is 10.6 Å². The quantitative estimate of drug-likeness (QED) is 0.611. The third-order valence-corrected chi connectivity index (χ3v) is 3.17. The predicted molar refractivity (Wildman–Crippen MR) is 65.9 cm³/mol. The molecule has 5 nitrogen and oxygen atoms in total. The molecule has 0 radical (unpaired) electrons. The van der Waals surface area contributed by atoms with Gasteiger partial charge in [-0.05, 0) is 19.3 Å². The van der Waals surface area contributed by atoms with Crippen LogP contribution in [0.4, 0.5) is 4.79 Å². The second-order valence-electron chi connectivity index (χ2n) is 4.74. The number of amides is 2. The van der Waals surface area contributed by atoms with Crippen molar-refractivity contribution in [2.24, 2.45) is 0 Å². The van der Waals surface area contributed by atoms with Crippen LogP contribution in [0.2, 0.25) is 0 Å². The van der Waals surface area contributed by atoms with Gasteiger partial charge in [0.05, 0.1) is 5.60 Å². The van der Waals surface area contributed by atoms with Gasteiger partial charge in [-0.2, -0.15) is 0 Å². The lowest BCUT2D eigenvalue weighted by atomic mass is 9.85. The number of aliphatic hydroxyl groups is 1. The van der Waals surface area contributed by atoms with E-state index in [1.54, 1.807) is 7.11 Å². The molecule has 0 spiro atoms. The maximum absolute atomic E-state index is 11.4. The summed E-state index contributed by atoms with van der Waals surface area (Å²) in [7, 11) is 1.64. The zero-order chi connectivity index (χ0) is 12.6. The molecule has 0 aromatic carbocycles. The highest BCUT2D eigenvalue weighted by molar-refractivity contribution is 5.73. The summed E-state index contributed by atoms with van der Waals surface area (Å²) in [5.74, 6) is 0. The number of ether oxygens (including phenoxy) is 1. The van der Waals surface area contributed by atoms with E-state index in [0.29, 0.717) is 19.7 Å². The second-order valence-corrected chi connectivity index (χ2v) is 4.74. The molecule has 0 aromatic heterocycles. The van der Waals surface area contributed by atoms with Gasteiger partial charge in [-0.15, -0.1) is 0 Å². The SMILES string of the molecule is COCCCNC(=O)NCC1(O)CCCCC1. The highest BCUT2D eigenvalue weighted by Gasteiger charge is 2.29. The number of hydrogen-bond donors (Lipinski definition) is 3. The molecule has 3 N–H and O–H groups in total. The Morgan fingerprint density at radius 2 is 2.00 bits per heavy atom. The minimum Gasteiger partial charge on any atom is -0.388 e. The molecule has 0 atom stereocenters. The Kier molecular flexibility index (Phi) is 6.29. The van der Waals surface area contributed by atoms with Gasteiger partial charge in [-0.25, -0.2) is 4.79 Å². The lowest BCUT2D eigenvalue weighted by Crippen LogP contribution is -2.47. The second kappa shape index (κ2) is 7.50. The molecule has 2 amide bonds. The zero-order valence-electron chi connectivity index (χ0n) is 10.6. The molecular weight excluding hydrogens is 220 g/mol. The van der Waals surface area contributed by atoms with Gasteiger partial charge in [0, 0.05) is 26.8 Å². The van der Waals surface area contributed by atoms with Gasteiger partial charge in [0.1, 0.15) is 0 Å². The van der Waals surface area contributed by atoms with Crippen molar-refractivity contribution >= 4 is 6.03 Å². The van der Waals surface area contributed by atoms with E-state index in [0.717, 1.165) is 32.1 Å². The number of rotatable bonds is 6. The number of hydrogen-bond acceptors (Lipinski definition) is 3. The van der Waals surface area contributed by atoms with Crippen molar-refractivity contribution in [2.45, 2.75) is 44.1 Å². The Hall–Kier alpha value is -0.810. The monoisotopic (exact) mass is 244 g/mol. The summed E-state index contributed by atoms with van der Waals surface area (Å²) in [6.07, 6.45) is 5.66. The van der Waals surface area contributed by atoms with E-state index in [-0.39, 0.29) is 6.03 Å². The van der Waals surface area contributed by atoms with E-state index in [9.17, 15) is 9.90 Å². The molecule has 0 saturated heterocycles. The van der Waals surface area contributed by atoms with Gasteiger partial charge >= 0.3 is 6.03 Å². The maximum Gasteiger partial charge on any atom is 0.314 e. The molecular formula is C12H24N2O3. The lowest BCUT2D eigenvalue weighted by molar-refractivity contribution is 0.00719. The Balaban J connectivity index is 2.10. The third kappa shape index (κ3) is 5.89. The van der Waals surface area contributed by atoms with Crippen LogP contribution in [0.5, 0.6) is 0 Å². The average Bonchev–Trinajstić information content (AvgIpc) is 2.33. The van der Waals surface area contributed by atoms with Crippen LogP contribution < -0.4 is 10.6 Å². The molecule has 1 saturated carbocycles. The lowest BCUT2D eigenvalue weighted by Gasteiger charge is -2.32. The largest absolute Gasteiger partial charge is 0.388 e. The van der Waals surface area contributed by atoms with Gasteiger partial charge in [0.2, 0.25) is 0 Å². The molecule has 0 unspecified atom stereocenters. The number of urea groups is 1. The first-order chi connectivity index (χ1) is 8.16. The zero-order valence-corrected chi connectivity index (χ0v) is 10.6. The van der Waals surface area contributed by atoms with Crippen LogP contribution in [0.15, 0.2) is 0 Å². The summed E-state index contributed by atoms with van der Waals surface area (Å²) in [5, 5.41) is 15.6. The highest BCUT2D eigenvalue weighted by Crippen LogP contribution is 2.27. The molecule has 0 bridgehead atoms. The highest BCUT2D eigenvalue weighted by atomic mass is 16.5. The number of carbonyl (C=O) groups excluding carboxylic acids is 1. The third-order valence-electron chi connectivity index (χ3n) is 3.17. The smallest absolute Gasteiger partial charge is 0.314 e. The van der Waals surface area contributed by atoms with Crippen molar-refractivity contribution in [3.63, 3.8) is 0 Å². The molecule has 0 heterocycles. The van der Waals surface area contributed by atoms with Gasteiger partial charge in [-0.3, -0.25) is 0 Å². The van der Waals surface area contributed by atoms with Gasteiger partial charge in [-0.1, -0.05) is 19.3 Å². The number of nitrogens with one attached hydrogen (secondary N) is 2. The Bertz CT molecular complexity index is 228. The van der Waals surface area contributed by atoms with Gasteiger partial charge < -0.3 is 20.5 Å². The first-order valence-electron chi connectivity index (χ1n) is 6.39. The van der Waals surface area contributed by atoms with Crippen LogP contribution in [0.3, 0.4) is 0 Å². The van der Waals surface area contributed by atoms with E-state index in [4.69, 9.17) is 4.74 Å². The number of carbonyl (C=O) groups is 1. The summed E-state index contributed by atoms with van der Waals surface area (Å²) < 4.78 is 4.88. The molecule has 1 aliphatic carbocycles. The minimum absolute atomic E-state index is 0.208. The minimum atomic E-state index is -0.692. The fourth-order valence-corrected chi connectivity index (χ4v) is 2.11. The first kappa shape index (κ1) is 14.3. The van der Waals surface area contributed by atoms with Crippen LogP contribution in [-0.2, 0) is 4.74 Å². The van der Waals surface area contributed by atoms with E-state index in [1.807, 2.05) is 0 Å². The Morgan fingerprint density at radius 1 is 1.29 bits per heavy atom. The topological polar surface area (TPSA) is 70.6 Å². The number of methoxy groups -OCH3 is 1. The van der Waals surface area contributed by atoms with Crippen LogP contribution in [-0.4, -0.2) is 43.5 Å². The molecule has 1 aliphatic rings. The van der Waals surface area contributed by atoms with Crippen LogP contribution in [0.25, 0.3) is 0 Å². The predicted octanol–water partition coefficient (Wildman–Crippen LogP) is 1.02. The molecule has 1 rings (SSSR count). The average molecular weight is 244 g/mol. The van der Waals surface area contributed by atoms with Crippen molar-refractivity contribution in [2.75, 3.05) is 26.8 Å². The van der Waals surface area contributed by atoms with Crippen LogP contribution in [0.1, 0.15) is 38.5 Å². The van der Waals surface area contributed by atoms with E-state index >= 15 is 0 Å². The standard InChI is InChI=1S/C12H24N2O3/c1-17-9-5-8-13-11(15)14-10-12(16)6-3-2-4-7-12/h16H,2-10H2,1H3,(H2,13,14,15). The molecule has 0 aromatic rings. The fourth-order valence-electron chi connectivity index (χ4n) is 2.11. The summed E-state index contributed by atoms with van der Waals surface area (Å²) in [6.45, 7) is 1.59. The van der Waals surface area contributed by atoms with Gasteiger partial charge in [0.15, 0.2) is 0 Å². The summed E-state index contributed by atoms with van der Waals surface area (Å²) in [4.78, 5) is 11.4. The van der Waals surface area contributed by atoms with E-state index in [2.05, 4.69) is 10.6 Å². The normalized spacial score (nSPS) is 18.7. The molecule has 1 fully saturated rings. The van der Waals surface area contributed by atoms with E-state index < -0.39 is 5.60 Å². The van der Waals surface area contributed by atoms with Crippen LogP contribution in [0, 0.1) is 0 Å². The molecule has 17 heavy (non-hydrogen) atoms. The Labute approximate surface area is 103 Å². The van der Waals surface area contributed by atoms with Crippen molar-refractivity contribution in [1.29, 1.82) is 0 Å². The molecule has 100 valence electrons. The van der Waals surface area contributed by atoms with Crippen molar-refractivity contribution < 1.29 is 14.6 Å². The van der Waals surface area contributed by atoms with Crippen LogP contribution >= 0.6 is 0 Å². The van der Waals surface area contributed by atoms with Crippen molar-refractivity contribution in [3.8, 4) is 0 Å². The van der Waals surface area contributed by atoms with Gasteiger partial charge in [0.25, 0.3) is 0 Å². The summed E-state index contributed by atoms with van der Waals surface area (Å²) in [6, 6.07) is -0.208. The van der Waals surface area contributed by atoms with Crippen molar-refractivity contribution in [3.05, 3.63) is 0 Å². The maximum atomic E-state index is 11.4. The fraction of sp³-hybridized carbons (Fsp3) is 0.917.